The fourth-order valence-electron chi connectivity index (χ4n) is 2.90. The predicted molar refractivity (Wildman–Crippen MR) is 77.5 cm³/mol. The third kappa shape index (κ3) is 2.73. The smallest absolute Gasteiger partial charge is 0.274 e. The van der Waals surface area contributed by atoms with Gasteiger partial charge in [-0.25, -0.2) is 0 Å². The Balaban J connectivity index is 1.62. The number of hydrogen-bond acceptors (Lipinski definition) is 2. The maximum Gasteiger partial charge on any atom is 0.274 e. The van der Waals surface area contributed by atoms with Gasteiger partial charge in [0, 0.05) is 6.54 Å². The lowest BCUT2D eigenvalue weighted by Gasteiger charge is -2.26. The number of aromatic amines is 1. The third-order valence-corrected chi connectivity index (χ3v) is 3.96. The Bertz CT molecular complexity index is 593. The van der Waals surface area contributed by atoms with Crippen molar-refractivity contribution in [2.75, 3.05) is 19.6 Å². The van der Waals surface area contributed by atoms with Crippen molar-refractivity contribution in [3.8, 4) is 0 Å². The van der Waals surface area contributed by atoms with Crippen LogP contribution in [-0.2, 0) is 6.54 Å². The van der Waals surface area contributed by atoms with E-state index >= 15 is 0 Å². The molecule has 1 aromatic carbocycles. The van der Waals surface area contributed by atoms with E-state index in [9.17, 15) is 4.79 Å². The fraction of sp³-hybridized carbons (Fsp3) is 0.533. The number of nitrogens with zero attached hydrogens (tertiary/aromatic N) is 2. The molecule has 1 aliphatic rings. The molecule has 3 rings (SSSR count). The van der Waals surface area contributed by atoms with Crippen LogP contribution in [0.3, 0.4) is 0 Å². The van der Waals surface area contributed by atoms with Crippen molar-refractivity contribution < 1.29 is 0 Å². The standard InChI is InChI=1S/C15H21N3O/c19-15-13-7-2-3-8-14(13)16-18(15)12-6-11-17-9-4-1-5-10-17/h2-3,7-8,16H,1,4-6,9-12H2. The summed E-state index contributed by atoms with van der Waals surface area (Å²) in [5.41, 5.74) is 1.04. The molecule has 0 atom stereocenters. The Hall–Kier alpha value is -1.55. The van der Waals surface area contributed by atoms with Crippen LogP contribution in [0.4, 0.5) is 0 Å². The summed E-state index contributed by atoms with van der Waals surface area (Å²) in [6.45, 7) is 4.33. The van der Waals surface area contributed by atoms with Crippen LogP contribution in [0.1, 0.15) is 25.7 Å². The lowest BCUT2D eigenvalue weighted by atomic mass is 10.1. The van der Waals surface area contributed by atoms with E-state index < -0.39 is 0 Å². The number of rotatable bonds is 4. The highest BCUT2D eigenvalue weighted by Gasteiger charge is 2.10. The summed E-state index contributed by atoms with van der Waals surface area (Å²) in [4.78, 5) is 14.6. The molecule has 0 spiro atoms. The highest BCUT2D eigenvalue weighted by Crippen LogP contribution is 2.09. The fourth-order valence-corrected chi connectivity index (χ4v) is 2.90. The molecule has 4 nitrogen and oxygen atoms in total. The van der Waals surface area contributed by atoms with Crippen molar-refractivity contribution in [1.82, 2.24) is 14.7 Å². The van der Waals surface area contributed by atoms with E-state index in [1.807, 2.05) is 24.3 Å². The van der Waals surface area contributed by atoms with Gasteiger partial charge < -0.3 is 4.90 Å². The molecule has 0 radical (unpaired) electrons. The van der Waals surface area contributed by atoms with Crippen molar-refractivity contribution in [1.29, 1.82) is 0 Å². The molecular weight excluding hydrogens is 238 g/mol. The van der Waals surface area contributed by atoms with Gasteiger partial charge in [-0.1, -0.05) is 18.6 Å². The zero-order chi connectivity index (χ0) is 13.1. The van der Waals surface area contributed by atoms with Crippen LogP contribution in [0, 0.1) is 0 Å². The first-order valence-electron chi connectivity index (χ1n) is 7.24. The van der Waals surface area contributed by atoms with E-state index in [1.165, 1.54) is 32.4 Å². The highest BCUT2D eigenvalue weighted by atomic mass is 16.1. The van der Waals surface area contributed by atoms with E-state index in [-0.39, 0.29) is 5.56 Å². The lowest BCUT2D eigenvalue weighted by molar-refractivity contribution is 0.221. The van der Waals surface area contributed by atoms with Crippen LogP contribution in [0.2, 0.25) is 0 Å². The van der Waals surface area contributed by atoms with Crippen LogP contribution in [0.25, 0.3) is 10.9 Å². The van der Waals surface area contributed by atoms with Gasteiger partial charge in [0.25, 0.3) is 5.56 Å². The molecule has 0 aliphatic carbocycles. The van der Waals surface area contributed by atoms with E-state index in [1.54, 1.807) is 4.68 Å². The predicted octanol–water partition coefficient (Wildman–Crippen LogP) is 2.21. The lowest BCUT2D eigenvalue weighted by Crippen LogP contribution is -2.31. The number of piperidine rings is 1. The number of nitrogens with one attached hydrogen (secondary N) is 1. The van der Waals surface area contributed by atoms with Crippen molar-refractivity contribution in [3.05, 3.63) is 34.6 Å². The van der Waals surface area contributed by atoms with Crippen molar-refractivity contribution in [2.45, 2.75) is 32.2 Å². The number of hydrogen-bond donors (Lipinski definition) is 1. The number of fused-ring (bicyclic) bond motifs is 1. The van der Waals surface area contributed by atoms with Crippen molar-refractivity contribution in [2.24, 2.45) is 0 Å². The largest absolute Gasteiger partial charge is 0.303 e. The van der Waals surface area contributed by atoms with E-state index in [0.717, 1.165) is 30.4 Å². The Morgan fingerprint density at radius 1 is 1.05 bits per heavy atom. The zero-order valence-electron chi connectivity index (χ0n) is 11.3. The van der Waals surface area contributed by atoms with Gasteiger partial charge in [0.1, 0.15) is 0 Å². The Morgan fingerprint density at radius 3 is 2.63 bits per heavy atom. The SMILES string of the molecule is O=c1c2ccccc2[nH]n1CCCN1CCCCC1. The molecular formula is C15H21N3O. The summed E-state index contributed by atoms with van der Waals surface area (Å²) >= 11 is 0. The number of benzene rings is 1. The first-order chi connectivity index (χ1) is 9.34. The molecule has 0 amide bonds. The van der Waals surface area contributed by atoms with Gasteiger partial charge in [-0.2, -0.15) is 0 Å². The summed E-state index contributed by atoms with van der Waals surface area (Å²) < 4.78 is 1.74. The third-order valence-electron chi connectivity index (χ3n) is 3.96. The van der Waals surface area contributed by atoms with Gasteiger partial charge in [0.2, 0.25) is 0 Å². The maximum absolute atomic E-state index is 12.1. The first-order valence-corrected chi connectivity index (χ1v) is 7.24. The Morgan fingerprint density at radius 2 is 1.84 bits per heavy atom. The second kappa shape index (κ2) is 5.61. The molecule has 1 fully saturated rings. The molecule has 102 valence electrons. The molecule has 2 heterocycles. The molecule has 4 heteroatoms. The topological polar surface area (TPSA) is 41.0 Å². The molecule has 1 N–H and O–H groups in total. The first kappa shape index (κ1) is 12.5. The molecule has 2 aromatic rings. The minimum atomic E-state index is 0.106. The van der Waals surface area contributed by atoms with Gasteiger partial charge >= 0.3 is 0 Å². The molecule has 0 bridgehead atoms. The number of aromatic nitrogens is 2. The molecule has 0 unspecified atom stereocenters. The van der Waals surface area contributed by atoms with Crippen molar-refractivity contribution >= 4 is 10.9 Å². The number of likely N-dealkylation sites (tertiary alicyclic amines) is 1. The van der Waals surface area contributed by atoms with Gasteiger partial charge in [-0.05, 0) is 51.0 Å². The van der Waals surface area contributed by atoms with Crippen LogP contribution in [-0.4, -0.2) is 34.3 Å². The van der Waals surface area contributed by atoms with E-state index in [4.69, 9.17) is 0 Å². The number of H-pyrrole nitrogens is 1. The van der Waals surface area contributed by atoms with Crippen molar-refractivity contribution in [3.63, 3.8) is 0 Å². The van der Waals surface area contributed by atoms with E-state index in [0.29, 0.717) is 0 Å². The molecule has 1 aromatic heterocycles. The average Bonchev–Trinajstić information content (AvgIpc) is 2.78. The molecule has 0 saturated carbocycles. The van der Waals surface area contributed by atoms with Crippen LogP contribution < -0.4 is 5.56 Å². The Labute approximate surface area is 113 Å². The molecule has 1 aliphatic heterocycles. The van der Waals surface area contributed by atoms with Gasteiger partial charge in [0.15, 0.2) is 0 Å². The summed E-state index contributed by atoms with van der Waals surface area (Å²) in [7, 11) is 0. The highest BCUT2D eigenvalue weighted by molar-refractivity contribution is 5.77. The van der Waals surface area contributed by atoms with E-state index in [2.05, 4.69) is 10.00 Å². The van der Waals surface area contributed by atoms with Crippen LogP contribution >= 0.6 is 0 Å². The van der Waals surface area contributed by atoms with Crippen LogP contribution in [0.5, 0.6) is 0 Å². The second-order valence-corrected chi connectivity index (χ2v) is 5.37. The van der Waals surface area contributed by atoms with Gasteiger partial charge in [-0.3, -0.25) is 14.6 Å². The molecule has 1 saturated heterocycles. The van der Waals surface area contributed by atoms with Gasteiger partial charge in [-0.15, -0.1) is 0 Å². The molecule has 19 heavy (non-hydrogen) atoms. The minimum Gasteiger partial charge on any atom is -0.303 e. The van der Waals surface area contributed by atoms with Crippen LogP contribution in [0.15, 0.2) is 29.1 Å². The summed E-state index contributed by atoms with van der Waals surface area (Å²) in [6, 6.07) is 7.71. The second-order valence-electron chi connectivity index (χ2n) is 5.37. The van der Waals surface area contributed by atoms with Gasteiger partial charge in [0.05, 0.1) is 10.9 Å². The zero-order valence-corrected chi connectivity index (χ0v) is 11.3. The minimum absolute atomic E-state index is 0.106. The number of para-hydroxylation sites is 1. The Kier molecular flexibility index (Phi) is 3.69. The summed E-state index contributed by atoms with van der Waals surface area (Å²) in [5.74, 6) is 0. The summed E-state index contributed by atoms with van der Waals surface area (Å²) in [6.07, 6.45) is 5.06. The normalized spacial score (nSPS) is 17.1. The monoisotopic (exact) mass is 259 g/mol. The quantitative estimate of drug-likeness (QED) is 0.914. The number of aryl methyl sites for hydroxylation is 1. The summed E-state index contributed by atoms with van der Waals surface area (Å²) in [5, 5.41) is 3.98. The average molecular weight is 259 g/mol. The maximum atomic E-state index is 12.1.